The molecule has 0 radical (unpaired) electrons. The van der Waals surface area contributed by atoms with Crippen LogP contribution in [-0.2, 0) is 25.6 Å². The fraction of sp³-hybridized carbons (Fsp3) is 0.542. The molecule has 0 aromatic heterocycles. The Morgan fingerprint density at radius 1 is 0.974 bits per heavy atom. The Balaban J connectivity index is 2.83. The number of rotatable bonds is 16. The van der Waals surface area contributed by atoms with E-state index in [2.05, 4.69) is 20.9 Å². The predicted molar refractivity (Wildman–Crippen MR) is 140 cm³/mol. The molecule has 0 spiro atoms. The van der Waals surface area contributed by atoms with Gasteiger partial charge >= 0.3 is 5.97 Å². The van der Waals surface area contributed by atoms with Gasteiger partial charge in [0.2, 0.25) is 17.7 Å². The number of benzene rings is 1. The molecule has 3 amide bonds. The predicted octanol–water partition coefficient (Wildman–Crippen LogP) is -2.11. The zero-order chi connectivity index (χ0) is 28.8. The van der Waals surface area contributed by atoms with Gasteiger partial charge in [0, 0.05) is 6.54 Å². The number of aliphatic imine (C=N–C) groups is 1. The number of aliphatic carboxylic acids is 1. The third-order valence-electron chi connectivity index (χ3n) is 5.90. The van der Waals surface area contributed by atoms with Crippen LogP contribution in [0, 0.1) is 5.92 Å². The first kappa shape index (κ1) is 32.1. The summed E-state index contributed by atoms with van der Waals surface area (Å²) in [6.07, 6.45) is 0.924. The number of nitrogens with two attached hydrogens (primary N) is 3. The summed E-state index contributed by atoms with van der Waals surface area (Å²) in [7, 11) is 0. The van der Waals surface area contributed by atoms with E-state index in [0.717, 1.165) is 0 Å². The van der Waals surface area contributed by atoms with Crippen LogP contribution in [-0.4, -0.2) is 82.3 Å². The van der Waals surface area contributed by atoms with E-state index >= 15 is 0 Å². The summed E-state index contributed by atoms with van der Waals surface area (Å²) in [5.41, 5.74) is 17.2. The van der Waals surface area contributed by atoms with Crippen molar-refractivity contribution in [1.29, 1.82) is 0 Å². The van der Waals surface area contributed by atoms with Gasteiger partial charge in [-0.15, -0.1) is 0 Å². The van der Waals surface area contributed by atoms with E-state index in [0.29, 0.717) is 12.0 Å². The maximum Gasteiger partial charge on any atom is 0.326 e. The number of carbonyl (C=O) groups is 4. The minimum absolute atomic E-state index is 0.00835. The molecule has 0 aliphatic rings. The average molecular weight is 538 g/mol. The second kappa shape index (κ2) is 16.0. The van der Waals surface area contributed by atoms with E-state index < -0.39 is 54.5 Å². The number of amides is 3. The number of aliphatic hydroxyl groups is 1. The van der Waals surface area contributed by atoms with E-state index in [1.54, 1.807) is 19.1 Å². The van der Waals surface area contributed by atoms with Gasteiger partial charge in [-0.3, -0.25) is 19.4 Å². The zero-order valence-corrected chi connectivity index (χ0v) is 21.6. The molecule has 1 aromatic carbocycles. The topological polar surface area (TPSA) is 255 Å². The van der Waals surface area contributed by atoms with Crippen LogP contribution >= 0.6 is 0 Å². The number of nitrogens with zero attached hydrogens (tertiary/aromatic N) is 1. The summed E-state index contributed by atoms with van der Waals surface area (Å²) >= 11 is 0. The second-order valence-corrected chi connectivity index (χ2v) is 8.94. The molecule has 0 heterocycles. The van der Waals surface area contributed by atoms with Crippen molar-refractivity contribution in [3.05, 3.63) is 29.8 Å². The molecule has 0 aliphatic heterocycles. The number of hydrogen-bond donors (Lipinski definition) is 9. The highest BCUT2D eigenvalue weighted by Gasteiger charge is 2.32. The zero-order valence-electron chi connectivity index (χ0n) is 21.6. The van der Waals surface area contributed by atoms with Crippen molar-refractivity contribution < 1.29 is 34.5 Å². The van der Waals surface area contributed by atoms with Crippen LogP contribution in [0.3, 0.4) is 0 Å². The number of nitrogens with one attached hydrogen (secondary N) is 3. The Kier molecular flexibility index (Phi) is 13.6. The molecule has 14 heteroatoms. The lowest BCUT2D eigenvalue weighted by atomic mass is 9.97. The lowest BCUT2D eigenvalue weighted by Crippen LogP contribution is -2.59. The van der Waals surface area contributed by atoms with E-state index in [4.69, 9.17) is 17.2 Å². The smallest absolute Gasteiger partial charge is 0.326 e. The molecule has 5 unspecified atom stereocenters. The minimum atomic E-state index is -1.46. The van der Waals surface area contributed by atoms with Crippen molar-refractivity contribution in [2.24, 2.45) is 28.1 Å². The van der Waals surface area contributed by atoms with Gasteiger partial charge in [0.1, 0.15) is 23.9 Å². The summed E-state index contributed by atoms with van der Waals surface area (Å²) in [6, 6.07) is 1.35. The quantitative estimate of drug-likeness (QED) is 0.0630. The number of phenolic OH excluding ortho intramolecular Hbond substituents is 1. The molecule has 212 valence electrons. The van der Waals surface area contributed by atoms with Crippen molar-refractivity contribution in [1.82, 2.24) is 16.0 Å². The van der Waals surface area contributed by atoms with Gasteiger partial charge in [-0.2, -0.15) is 0 Å². The standard InChI is InChI=1S/C24H39N7O7/c1-3-13(2)19(31-20(34)16(25)11-14-6-8-15(33)9-7-14)22(36)30-18(12-32)21(35)29-17(23(37)38)5-4-10-28-24(26)27/h6-9,13,16-19,32-33H,3-5,10-12,25H2,1-2H3,(H,29,35)(H,30,36)(H,31,34)(H,37,38)(H4,26,27,28). The Morgan fingerprint density at radius 3 is 2.11 bits per heavy atom. The Morgan fingerprint density at radius 2 is 1.58 bits per heavy atom. The second-order valence-electron chi connectivity index (χ2n) is 8.94. The summed E-state index contributed by atoms with van der Waals surface area (Å²) in [4.78, 5) is 53.7. The normalized spacial score (nSPS) is 14.7. The largest absolute Gasteiger partial charge is 0.508 e. The highest BCUT2D eigenvalue weighted by atomic mass is 16.4. The van der Waals surface area contributed by atoms with Crippen LogP contribution in [0.4, 0.5) is 0 Å². The lowest BCUT2D eigenvalue weighted by Gasteiger charge is -2.27. The summed E-state index contributed by atoms with van der Waals surface area (Å²) in [5, 5.41) is 35.8. The number of aliphatic hydroxyl groups excluding tert-OH is 1. The van der Waals surface area contributed by atoms with E-state index in [1.165, 1.54) is 12.1 Å². The molecule has 5 atom stereocenters. The van der Waals surface area contributed by atoms with E-state index in [9.17, 15) is 34.5 Å². The van der Waals surface area contributed by atoms with Crippen molar-refractivity contribution in [2.75, 3.05) is 13.2 Å². The van der Waals surface area contributed by atoms with Gasteiger partial charge < -0.3 is 48.5 Å². The molecule has 1 rings (SSSR count). The SMILES string of the molecule is CCC(C)C(NC(=O)C(N)Cc1ccc(O)cc1)C(=O)NC(CO)C(=O)NC(CCCN=C(N)N)C(=O)O. The maximum atomic E-state index is 13.0. The molecule has 38 heavy (non-hydrogen) atoms. The molecule has 0 aliphatic carbocycles. The molecule has 0 saturated heterocycles. The first-order chi connectivity index (χ1) is 17.9. The summed E-state index contributed by atoms with van der Waals surface area (Å²) in [5.74, 6) is -3.98. The van der Waals surface area contributed by atoms with Crippen LogP contribution in [0.5, 0.6) is 5.75 Å². The number of carboxylic acid groups (broad SMARTS) is 1. The first-order valence-electron chi connectivity index (χ1n) is 12.2. The molecule has 0 saturated carbocycles. The van der Waals surface area contributed by atoms with Crippen LogP contribution in [0.1, 0.15) is 38.7 Å². The first-order valence-corrected chi connectivity index (χ1v) is 12.2. The highest BCUT2D eigenvalue weighted by molar-refractivity contribution is 5.94. The maximum absolute atomic E-state index is 13.0. The van der Waals surface area contributed by atoms with Gasteiger partial charge in [0.05, 0.1) is 12.6 Å². The third kappa shape index (κ3) is 11.0. The van der Waals surface area contributed by atoms with Crippen molar-refractivity contribution >= 4 is 29.7 Å². The summed E-state index contributed by atoms with van der Waals surface area (Å²) < 4.78 is 0. The van der Waals surface area contributed by atoms with Crippen molar-refractivity contribution in [3.8, 4) is 5.75 Å². The molecular weight excluding hydrogens is 498 g/mol. The van der Waals surface area contributed by atoms with Gasteiger partial charge in [0.25, 0.3) is 0 Å². The lowest BCUT2D eigenvalue weighted by molar-refractivity contribution is -0.142. The minimum Gasteiger partial charge on any atom is -0.508 e. The third-order valence-corrected chi connectivity index (χ3v) is 5.90. The van der Waals surface area contributed by atoms with Gasteiger partial charge in [-0.1, -0.05) is 32.4 Å². The Labute approximate surface area is 221 Å². The Hall–Kier alpha value is -3.91. The number of aromatic hydroxyl groups is 1. The Bertz CT molecular complexity index is 967. The average Bonchev–Trinajstić information content (AvgIpc) is 2.87. The highest BCUT2D eigenvalue weighted by Crippen LogP contribution is 2.12. The fourth-order valence-electron chi connectivity index (χ4n) is 3.43. The molecule has 0 bridgehead atoms. The van der Waals surface area contributed by atoms with Crippen LogP contribution in [0.25, 0.3) is 0 Å². The molecule has 12 N–H and O–H groups in total. The summed E-state index contributed by atoms with van der Waals surface area (Å²) in [6.45, 7) is 2.89. The number of carbonyl (C=O) groups excluding carboxylic acids is 3. The van der Waals surface area contributed by atoms with E-state index in [1.807, 2.05) is 6.92 Å². The van der Waals surface area contributed by atoms with Crippen molar-refractivity contribution in [3.63, 3.8) is 0 Å². The number of phenols is 1. The fourth-order valence-corrected chi connectivity index (χ4v) is 3.43. The van der Waals surface area contributed by atoms with E-state index in [-0.39, 0.29) is 43.4 Å². The van der Waals surface area contributed by atoms with Crippen LogP contribution < -0.4 is 33.2 Å². The van der Waals surface area contributed by atoms with Gasteiger partial charge in [0.15, 0.2) is 5.96 Å². The molecule has 14 nitrogen and oxygen atoms in total. The molecule has 0 fully saturated rings. The number of guanidine groups is 1. The van der Waals surface area contributed by atoms with Crippen LogP contribution in [0.15, 0.2) is 29.3 Å². The van der Waals surface area contributed by atoms with Gasteiger partial charge in [-0.25, -0.2) is 4.79 Å². The number of hydrogen-bond acceptors (Lipinski definition) is 8. The molecule has 1 aromatic rings. The van der Waals surface area contributed by atoms with Gasteiger partial charge in [-0.05, 0) is 42.9 Å². The monoisotopic (exact) mass is 537 g/mol. The molecular formula is C24H39N7O7. The number of carboxylic acids is 1. The van der Waals surface area contributed by atoms with Crippen molar-refractivity contribution in [2.45, 2.75) is 63.7 Å². The van der Waals surface area contributed by atoms with Crippen LogP contribution in [0.2, 0.25) is 0 Å².